The largest absolute Gasteiger partial charge is 0.383 e. The lowest BCUT2D eigenvalue weighted by molar-refractivity contribution is -0.117. The maximum Gasteiger partial charge on any atom is 0.227 e. The summed E-state index contributed by atoms with van der Waals surface area (Å²) in [5, 5.41) is 12.4. The maximum absolute atomic E-state index is 12.2. The molecule has 1 unspecified atom stereocenters. The fraction of sp³-hybridized carbons (Fsp3) is 0.467. The third-order valence-corrected chi connectivity index (χ3v) is 3.96. The van der Waals surface area contributed by atoms with Crippen molar-refractivity contribution in [3.8, 4) is 6.07 Å². The molecule has 1 N–H and O–H groups in total. The van der Waals surface area contributed by atoms with Crippen molar-refractivity contribution in [1.29, 1.82) is 5.26 Å². The molecule has 1 aliphatic heterocycles. The molecule has 0 radical (unpaired) electrons. The van der Waals surface area contributed by atoms with Crippen molar-refractivity contribution in [2.45, 2.75) is 19.8 Å². The molecule has 1 fully saturated rings. The van der Waals surface area contributed by atoms with Crippen molar-refractivity contribution in [3.05, 3.63) is 23.8 Å². The van der Waals surface area contributed by atoms with Crippen molar-refractivity contribution < 1.29 is 4.79 Å². The third-order valence-electron chi connectivity index (χ3n) is 3.45. The topological polar surface area (TPSA) is 56.1 Å². The van der Waals surface area contributed by atoms with Crippen LogP contribution in [0.3, 0.4) is 0 Å². The summed E-state index contributed by atoms with van der Waals surface area (Å²) in [6.45, 7) is 3.61. The van der Waals surface area contributed by atoms with Crippen LogP contribution in [0, 0.1) is 17.2 Å². The second kappa shape index (κ2) is 6.67. The summed E-state index contributed by atoms with van der Waals surface area (Å²) in [6.07, 6.45) is 1.54. The van der Waals surface area contributed by atoms with Crippen molar-refractivity contribution in [1.82, 2.24) is 0 Å². The molecule has 0 spiro atoms. The molecule has 1 amide bonds. The number of amides is 1. The van der Waals surface area contributed by atoms with Crippen molar-refractivity contribution >= 4 is 29.9 Å². The normalized spacial score (nSPS) is 18.1. The van der Waals surface area contributed by atoms with Gasteiger partial charge in [-0.3, -0.25) is 4.79 Å². The molecular weight excluding hydrogens is 270 g/mol. The molecule has 2 rings (SSSR count). The standard InChI is InChI=1S/C15H19N3OS/c1-2-5-17-13-4-3-11(8-16)6-14(13)18-9-12(10-20)7-15(18)19/h3-4,6,12,17,20H,2,5,7,9-10H2,1H3. The first kappa shape index (κ1) is 14.7. The molecule has 1 atom stereocenters. The lowest BCUT2D eigenvalue weighted by Gasteiger charge is -2.21. The van der Waals surface area contributed by atoms with E-state index in [0.717, 1.165) is 24.3 Å². The Balaban J connectivity index is 2.32. The van der Waals surface area contributed by atoms with Crippen LogP contribution >= 0.6 is 12.6 Å². The molecule has 20 heavy (non-hydrogen) atoms. The maximum atomic E-state index is 12.2. The van der Waals surface area contributed by atoms with E-state index in [0.29, 0.717) is 24.3 Å². The highest BCUT2D eigenvalue weighted by molar-refractivity contribution is 7.80. The summed E-state index contributed by atoms with van der Waals surface area (Å²) in [6, 6.07) is 7.58. The first-order chi connectivity index (χ1) is 9.69. The highest BCUT2D eigenvalue weighted by Gasteiger charge is 2.31. The monoisotopic (exact) mass is 289 g/mol. The second-order valence-corrected chi connectivity index (χ2v) is 5.39. The number of nitriles is 1. The van der Waals surface area contributed by atoms with Gasteiger partial charge in [0.25, 0.3) is 0 Å². The van der Waals surface area contributed by atoms with Crippen LogP contribution in [0.15, 0.2) is 18.2 Å². The number of anilines is 2. The van der Waals surface area contributed by atoms with Gasteiger partial charge in [-0.05, 0) is 36.3 Å². The van der Waals surface area contributed by atoms with Crippen LogP contribution in [-0.2, 0) is 4.79 Å². The van der Waals surface area contributed by atoms with E-state index < -0.39 is 0 Å². The average Bonchev–Trinajstić information content (AvgIpc) is 2.86. The lowest BCUT2D eigenvalue weighted by atomic mass is 10.1. The molecule has 1 aromatic rings. The average molecular weight is 289 g/mol. The SMILES string of the molecule is CCCNc1ccc(C#N)cc1N1CC(CS)CC1=O. The zero-order chi connectivity index (χ0) is 14.5. The number of hydrogen-bond acceptors (Lipinski definition) is 4. The Labute approximate surface area is 125 Å². The van der Waals surface area contributed by atoms with E-state index in [9.17, 15) is 4.79 Å². The molecule has 106 valence electrons. The highest BCUT2D eigenvalue weighted by atomic mass is 32.1. The van der Waals surface area contributed by atoms with E-state index in [-0.39, 0.29) is 11.8 Å². The van der Waals surface area contributed by atoms with Gasteiger partial charge < -0.3 is 10.2 Å². The van der Waals surface area contributed by atoms with E-state index in [1.807, 2.05) is 6.07 Å². The molecule has 0 aliphatic carbocycles. The first-order valence-corrected chi connectivity index (χ1v) is 7.52. The lowest BCUT2D eigenvalue weighted by Crippen LogP contribution is -2.26. The fourth-order valence-electron chi connectivity index (χ4n) is 2.37. The van der Waals surface area contributed by atoms with Crippen molar-refractivity contribution in [2.75, 3.05) is 29.1 Å². The van der Waals surface area contributed by atoms with Crippen LogP contribution in [0.25, 0.3) is 0 Å². The molecule has 0 saturated carbocycles. The number of carbonyl (C=O) groups is 1. The van der Waals surface area contributed by atoms with Crippen LogP contribution in [0.1, 0.15) is 25.3 Å². The van der Waals surface area contributed by atoms with Crippen LogP contribution < -0.4 is 10.2 Å². The Morgan fingerprint density at radius 1 is 1.55 bits per heavy atom. The molecular formula is C15H19N3OS. The van der Waals surface area contributed by atoms with Crippen LogP contribution in [0.5, 0.6) is 0 Å². The van der Waals surface area contributed by atoms with Gasteiger partial charge in [0, 0.05) is 19.5 Å². The van der Waals surface area contributed by atoms with Crippen LogP contribution in [-0.4, -0.2) is 24.7 Å². The molecule has 5 heteroatoms. The predicted molar refractivity (Wildman–Crippen MR) is 84.3 cm³/mol. The van der Waals surface area contributed by atoms with E-state index in [2.05, 4.69) is 30.9 Å². The number of hydrogen-bond donors (Lipinski definition) is 2. The Morgan fingerprint density at radius 3 is 2.95 bits per heavy atom. The van der Waals surface area contributed by atoms with Crippen LogP contribution in [0.4, 0.5) is 11.4 Å². The van der Waals surface area contributed by atoms with E-state index in [1.165, 1.54) is 0 Å². The summed E-state index contributed by atoms with van der Waals surface area (Å²) >= 11 is 4.28. The molecule has 4 nitrogen and oxygen atoms in total. The molecule has 0 bridgehead atoms. The van der Waals surface area contributed by atoms with Crippen LogP contribution in [0.2, 0.25) is 0 Å². The Bertz CT molecular complexity index is 538. The number of nitrogens with one attached hydrogen (secondary N) is 1. The van der Waals surface area contributed by atoms with Gasteiger partial charge in [-0.2, -0.15) is 17.9 Å². The molecule has 1 aliphatic rings. The van der Waals surface area contributed by atoms with Gasteiger partial charge in [-0.1, -0.05) is 6.92 Å². The van der Waals surface area contributed by atoms with E-state index >= 15 is 0 Å². The van der Waals surface area contributed by atoms with Crippen molar-refractivity contribution in [3.63, 3.8) is 0 Å². The van der Waals surface area contributed by atoms with Gasteiger partial charge >= 0.3 is 0 Å². The molecule has 1 heterocycles. The van der Waals surface area contributed by atoms with Gasteiger partial charge in [0.05, 0.1) is 23.0 Å². The summed E-state index contributed by atoms with van der Waals surface area (Å²) in [5.74, 6) is 1.10. The Morgan fingerprint density at radius 2 is 2.35 bits per heavy atom. The molecule has 1 saturated heterocycles. The summed E-state index contributed by atoms with van der Waals surface area (Å²) < 4.78 is 0. The summed E-state index contributed by atoms with van der Waals surface area (Å²) in [7, 11) is 0. The summed E-state index contributed by atoms with van der Waals surface area (Å²) in [5.41, 5.74) is 2.30. The van der Waals surface area contributed by atoms with Gasteiger partial charge in [-0.15, -0.1) is 0 Å². The zero-order valence-electron chi connectivity index (χ0n) is 11.6. The Kier molecular flexibility index (Phi) is 4.91. The number of carbonyl (C=O) groups excluding carboxylic acids is 1. The minimum Gasteiger partial charge on any atom is -0.383 e. The number of rotatable bonds is 5. The van der Waals surface area contributed by atoms with Crippen molar-refractivity contribution in [2.24, 2.45) is 5.92 Å². The highest BCUT2D eigenvalue weighted by Crippen LogP contribution is 2.32. The first-order valence-electron chi connectivity index (χ1n) is 6.88. The Hall–Kier alpha value is -1.67. The van der Waals surface area contributed by atoms with E-state index in [4.69, 9.17) is 5.26 Å². The number of benzene rings is 1. The molecule has 0 aromatic heterocycles. The third kappa shape index (κ3) is 3.07. The predicted octanol–water partition coefficient (Wildman–Crippen LogP) is 2.66. The fourth-order valence-corrected chi connectivity index (χ4v) is 2.61. The quantitative estimate of drug-likeness (QED) is 0.819. The van der Waals surface area contributed by atoms with Gasteiger partial charge in [-0.25, -0.2) is 0 Å². The zero-order valence-corrected chi connectivity index (χ0v) is 12.5. The second-order valence-electron chi connectivity index (χ2n) is 5.03. The van der Waals surface area contributed by atoms with Gasteiger partial charge in [0.15, 0.2) is 0 Å². The minimum absolute atomic E-state index is 0.110. The molecule has 1 aromatic carbocycles. The number of thiol groups is 1. The smallest absolute Gasteiger partial charge is 0.227 e. The summed E-state index contributed by atoms with van der Waals surface area (Å²) in [4.78, 5) is 13.9. The van der Waals surface area contributed by atoms with Gasteiger partial charge in [0.2, 0.25) is 5.91 Å². The van der Waals surface area contributed by atoms with Gasteiger partial charge in [0.1, 0.15) is 0 Å². The van der Waals surface area contributed by atoms with E-state index in [1.54, 1.807) is 17.0 Å². The number of nitrogens with zero attached hydrogens (tertiary/aromatic N) is 2. The minimum atomic E-state index is 0.110.